The highest BCUT2D eigenvalue weighted by atomic mass is 16.5. The van der Waals surface area contributed by atoms with E-state index in [2.05, 4.69) is 22.8 Å². The van der Waals surface area contributed by atoms with Crippen LogP contribution in [0.2, 0.25) is 0 Å². The Morgan fingerprint density at radius 1 is 1.04 bits per heavy atom. The summed E-state index contributed by atoms with van der Waals surface area (Å²) in [5, 5.41) is 5.45. The van der Waals surface area contributed by atoms with Crippen LogP contribution >= 0.6 is 0 Å². The van der Waals surface area contributed by atoms with Crippen molar-refractivity contribution in [2.24, 2.45) is 5.41 Å². The molecule has 2 rings (SSSR count). The smallest absolute Gasteiger partial charge is 0.328 e. The molecule has 0 radical (unpaired) electrons. The van der Waals surface area contributed by atoms with Crippen LogP contribution in [0.15, 0.2) is 18.2 Å². The number of amides is 2. The van der Waals surface area contributed by atoms with Gasteiger partial charge in [0, 0.05) is 5.41 Å². The molecule has 0 saturated carbocycles. The molecule has 154 valence electrons. The average molecular weight is 389 g/mol. The molecule has 1 aliphatic carbocycles. The molecular weight excluding hydrogens is 356 g/mol. The van der Waals surface area contributed by atoms with Crippen LogP contribution in [-0.2, 0) is 32.0 Å². The van der Waals surface area contributed by atoms with Gasteiger partial charge < -0.3 is 15.4 Å². The number of esters is 1. The molecule has 0 bridgehead atoms. The van der Waals surface area contributed by atoms with E-state index in [4.69, 9.17) is 4.74 Å². The number of carbonyl (C=O) groups excluding carboxylic acids is 3. The topological polar surface area (TPSA) is 84.5 Å². The number of hydrogen-bond donors (Lipinski definition) is 2. The molecule has 2 atom stereocenters. The molecule has 0 saturated heterocycles. The zero-order chi connectivity index (χ0) is 20.9. The van der Waals surface area contributed by atoms with E-state index in [-0.39, 0.29) is 24.5 Å². The normalized spacial score (nSPS) is 15.8. The third-order valence-corrected chi connectivity index (χ3v) is 4.98. The van der Waals surface area contributed by atoms with Gasteiger partial charge in [0.15, 0.2) is 6.61 Å². The van der Waals surface area contributed by atoms with Crippen LogP contribution < -0.4 is 10.6 Å². The minimum Gasteiger partial charge on any atom is -0.454 e. The minimum absolute atomic E-state index is 0.170. The van der Waals surface area contributed by atoms with Crippen molar-refractivity contribution in [2.75, 3.05) is 6.61 Å². The van der Waals surface area contributed by atoms with Gasteiger partial charge in [-0.05, 0) is 56.2 Å². The highest BCUT2D eigenvalue weighted by molar-refractivity contribution is 5.88. The molecule has 6 nitrogen and oxygen atoms in total. The SMILES string of the molecule is CC(NC(=O)C(C)(C)C)C(=O)OCC(=O)NC(C)c1ccc2c(c1)CCCC2. The fourth-order valence-corrected chi connectivity index (χ4v) is 3.12. The summed E-state index contributed by atoms with van der Waals surface area (Å²) in [7, 11) is 0. The molecule has 2 N–H and O–H groups in total. The second kappa shape index (κ2) is 9.22. The van der Waals surface area contributed by atoms with E-state index in [0.717, 1.165) is 18.4 Å². The van der Waals surface area contributed by atoms with E-state index in [9.17, 15) is 14.4 Å². The van der Waals surface area contributed by atoms with Gasteiger partial charge in [-0.1, -0.05) is 39.0 Å². The Hall–Kier alpha value is -2.37. The molecule has 2 unspecified atom stereocenters. The first-order chi connectivity index (χ1) is 13.1. The summed E-state index contributed by atoms with van der Waals surface area (Å²) >= 11 is 0. The number of aryl methyl sites for hydroxylation is 2. The summed E-state index contributed by atoms with van der Waals surface area (Å²) in [6.07, 6.45) is 4.64. The molecule has 1 aromatic carbocycles. The Bertz CT molecular complexity index is 737. The lowest BCUT2D eigenvalue weighted by Crippen LogP contribution is -2.45. The number of fused-ring (bicyclic) bond motifs is 1. The molecule has 0 aromatic heterocycles. The molecule has 0 aliphatic heterocycles. The first kappa shape index (κ1) is 21.9. The fourth-order valence-electron chi connectivity index (χ4n) is 3.12. The number of hydrogen-bond acceptors (Lipinski definition) is 4. The Kier molecular flexibility index (Phi) is 7.22. The minimum atomic E-state index is -0.808. The van der Waals surface area contributed by atoms with Crippen molar-refractivity contribution in [2.45, 2.75) is 72.4 Å². The van der Waals surface area contributed by atoms with Crippen molar-refractivity contribution in [3.8, 4) is 0 Å². The maximum Gasteiger partial charge on any atom is 0.328 e. The van der Waals surface area contributed by atoms with Crippen molar-refractivity contribution in [1.29, 1.82) is 0 Å². The largest absolute Gasteiger partial charge is 0.454 e. The fraction of sp³-hybridized carbons (Fsp3) is 0.591. The number of rotatable bonds is 6. The molecular formula is C22H32N2O4. The lowest BCUT2D eigenvalue weighted by atomic mass is 9.89. The third kappa shape index (κ3) is 6.08. The molecule has 1 aliphatic rings. The van der Waals surface area contributed by atoms with Crippen LogP contribution in [0.4, 0.5) is 0 Å². The predicted octanol–water partition coefficient (Wildman–Crippen LogP) is 2.84. The van der Waals surface area contributed by atoms with Gasteiger partial charge in [0.2, 0.25) is 5.91 Å². The van der Waals surface area contributed by atoms with Crippen molar-refractivity contribution in [1.82, 2.24) is 10.6 Å². The van der Waals surface area contributed by atoms with Gasteiger partial charge in [-0.2, -0.15) is 0 Å². The summed E-state index contributed by atoms with van der Waals surface area (Å²) in [6, 6.07) is 5.38. The van der Waals surface area contributed by atoms with E-state index in [1.165, 1.54) is 24.0 Å². The lowest BCUT2D eigenvalue weighted by Gasteiger charge is -2.21. The summed E-state index contributed by atoms with van der Waals surface area (Å²) < 4.78 is 5.04. The lowest BCUT2D eigenvalue weighted by molar-refractivity contribution is -0.152. The standard InChI is InChI=1S/C22H32N2O4/c1-14(17-11-10-16-8-6-7-9-18(16)12-17)23-19(25)13-28-20(26)15(2)24-21(27)22(3,4)5/h10-12,14-15H,6-9,13H2,1-5H3,(H,23,25)(H,24,27). The van der Waals surface area contributed by atoms with Crippen molar-refractivity contribution >= 4 is 17.8 Å². The van der Waals surface area contributed by atoms with Gasteiger partial charge in [0.05, 0.1) is 6.04 Å². The van der Waals surface area contributed by atoms with Crippen molar-refractivity contribution < 1.29 is 19.1 Å². The maximum atomic E-state index is 12.1. The van der Waals surface area contributed by atoms with Gasteiger partial charge in [0.1, 0.15) is 6.04 Å². The summed E-state index contributed by atoms with van der Waals surface area (Å²) in [5.41, 5.74) is 3.20. The number of ether oxygens (including phenoxy) is 1. The second-order valence-corrected chi connectivity index (χ2v) is 8.58. The van der Waals surface area contributed by atoms with Gasteiger partial charge in [0.25, 0.3) is 5.91 Å². The van der Waals surface area contributed by atoms with Crippen LogP contribution in [0.5, 0.6) is 0 Å². The molecule has 0 spiro atoms. The second-order valence-electron chi connectivity index (χ2n) is 8.58. The zero-order valence-electron chi connectivity index (χ0n) is 17.6. The van der Waals surface area contributed by atoms with E-state index in [0.29, 0.717) is 0 Å². The van der Waals surface area contributed by atoms with E-state index < -0.39 is 17.4 Å². The molecule has 0 fully saturated rings. The molecule has 0 heterocycles. The first-order valence-electron chi connectivity index (χ1n) is 9.96. The van der Waals surface area contributed by atoms with Crippen LogP contribution in [-0.4, -0.2) is 30.4 Å². The summed E-state index contributed by atoms with van der Waals surface area (Å²) in [4.78, 5) is 36.1. The Labute approximate surface area is 167 Å². The zero-order valence-corrected chi connectivity index (χ0v) is 17.6. The predicted molar refractivity (Wildman–Crippen MR) is 108 cm³/mol. The average Bonchev–Trinajstić information content (AvgIpc) is 2.64. The maximum absolute atomic E-state index is 12.1. The van der Waals surface area contributed by atoms with E-state index in [1.54, 1.807) is 27.7 Å². The monoisotopic (exact) mass is 388 g/mol. The van der Waals surface area contributed by atoms with Gasteiger partial charge in [-0.25, -0.2) is 4.79 Å². The van der Waals surface area contributed by atoms with Crippen LogP contribution in [0.1, 0.15) is 70.2 Å². The summed E-state index contributed by atoms with van der Waals surface area (Å²) in [6.45, 7) is 8.36. The third-order valence-electron chi connectivity index (χ3n) is 4.98. The van der Waals surface area contributed by atoms with Crippen LogP contribution in [0, 0.1) is 5.41 Å². The Morgan fingerprint density at radius 3 is 2.32 bits per heavy atom. The Balaban J connectivity index is 1.81. The van der Waals surface area contributed by atoms with E-state index in [1.807, 2.05) is 13.0 Å². The van der Waals surface area contributed by atoms with Crippen LogP contribution in [0.3, 0.4) is 0 Å². The number of nitrogens with one attached hydrogen (secondary N) is 2. The molecule has 2 amide bonds. The van der Waals surface area contributed by atoms with Gasteiger partial charge in [-0.3, -0.25) is 9.59 Å². The highest BCUT2D eigenvalue weighted by Gasteiger charge is 2.26. The van der Waals surface area contributed by atoms with Crippen LogP contribution in [0.25, 0.3) is 0 Å². The van der Waals surface area contributed by atoms with Crippen molar-refractivity contribution in [3.05, 3.63) is 34.9 Å². The first-order valence-corrected chi connectivity index (χ1v) is 9.96. The highest BCUT2D eigenvalue weighted by Crippen LogP contribution is 2.24. The Morgan fingerprint density at radius 2 is 1.68 bits per heavy atom. The van der Waals surface area contributed by atoms with E-state index >= 15 is 0 Å². The quantitative estimate of drug-likeness (QED) is 0.734. The molecule has 6 heteroatoms. The molecule has 1 aromatic rings. The molecule has 28 heavy (non-hydrogen) atoms. The van der Waals surface area contributed by atoms with Gasteiger partial charge in [-0.15, -0.1) is 0 Å². The number of carbonyl (C=O) groups is 3. The summed E-state index contributed by atoms with van der Waals surface area (Å²) in [5.74, 6) is -1.25. The van der Waals surface area contributed by atoms with Crippen molar-refractivity contribution in [3.63, 3.8) is 0 Å². The van der Waals surface area contributed by atoms with Gasteiger partial charge >= 0.3 is 5.97 Å². The number of benzene rings is 1.